The van der Waals surface area contributed by atoms with E-state index < -0.39 is 23.2 Å². The molecular formula is C17H22N4O4. The maximum Gasteiger partial charge on any atom is 0.407 e. The van der Waals surface area contributed by atoms with E-state index in [0.29, 0.717) is 5.69 Å². The van der Waals surface area contributed by atoms with Crippen LogP contribution in [0.2, 0.25) is 0 Å². The number of alkyl carbamates (subject to hydrolysis) is 1. The summed E-state index contributed by atoms with van der Waals surface area (Å²) in [7, 11) is 0. The Morgan fingerprint density at radius 1 is 1.12 bits per heavy atom. The molecule has 1 aromatic heterocycles. The highest BCUT2D eigenvalue weighted by atomic mass is 16.6. The molecule has 2 amide bonds. The highest BCUT2D eigenvalue weighted by Crippen LogP contribution is 2.22. The molecule has 0 atom stereocenters. The summed E-state index contributed by atoms with van der Waals surface area (Å²) in [4.78, 5) is 35.5. The predicted octanol–water partition coefficient (Wildman–Crippen LogP) is 2.22. The first-order chi connectivity index (χ1) is 11.8. The molecule has 0 saturated carbocycles. The Hall–Kier alpha value is -3.03. The van der Waals surface area contributed by atoms with Crippen molar-refractivity contribution >= 4 is 17.7 Å². The van der Waals surface area contributed by atoms with Gasteiger partial charge in [0.1, 0.15) is 11.3 Å². The molecule has 25 heavy (non-hydrogen) atoms. The van der Waals surface area contributed by atoms with E-state index in [4.69, 9.17) is 4.74 Å². The van der Waals surface area contributed by atoms with E-state index in [1.165, 1.54) is 0 Å². The zero-order valence-electron chi connectivity index (χ0n) is 14.4. The van der Waals surface area contributed by atoms with Gasteiger partial charge in [-0.1, -0.05) is 30.3 Å². The molecule has 8 heteroatoms. The van der Waals surface area contributed by atoms with Crippen LogP contribution in [0, 0.1) is 0 Å². The van der Waals surface area contributed by atoms with Crippen molar-refractivity contribution < 1.29 is 14.3 Å². The molecular weight excluding hydrogens is 324 g/mol. The Bertz CT molecular complexity index is 787. The van der Waals surface area contributed by atoms with Crippen molar-refractivity contribution in [1.29, 1.82) is 0 Å². The second-order valence-corrected chi connectivity index (χ2v) is 6.42. The first-order valence-electron chi connectivity index (χ1n) is 7.89. The van der Waals surface area contributed by atoms with Crippen LogP contribution in [0.4, 0.5) is 10.5 Å². The minimum absolute atomic E-state index is 0.0120. The van der Waals surface area contributed by atoms with E-state index in [1.807, 2.05) is 30.3 Å². The lowest BCUT2D eigenvalue weighted by atomic mass is 10.1. The lowest BCUT2D eigenvalue weighted by Crippen LogP contribution is -2.34. The Balaban J connectivity index is 1.93. The fraction of sp³-hybridized carbons (Fsp3) is 0.353. The van der Waals surface area contributed by atoms with E-state index >= 15 is 0 Å². The van der Waals surface area contributed by atoms with Crippen molar-refractivity contribution in [3.63, 3.8) is 0 Å². The van der Waals surface area contributed by atoms with Gasteiger partial charge in [-0.05, 0) is 20.8 Å². The van der Waals surface area contributed by atoms with Crippen LogP contribution in [-0.4, -0.2) is 34.3 Å². The summed E-state index contributed by atoms with van der Waals surface area (Å²) >= 11 is 0. The van der Waals surface area contributed by atoms with Crippen molar-refractivity contribution in [2.45, 2.75) is 32.8 Å². The summed E-state index contributed by atoms with van der Waals surface area (Å²) in [6, 6.07) is 9.15. The molecule has 0 aliphatic rings. The maximum absolute atomic E-state index is 12.0. The van der Waals surface area contributed by atoms with Gasteiger partial charge >= 0.3 is 6.09 Å². The number of hydrogen-bond acceptors (Lipinski definition) is 4. The first kappa shape index (κ1) is 18.3. The molecule has 0 spiro atoms. The molecule has 0 fully saturated rings. The maximum atomic E-state index is 12.0. The van der Waals surface area contributed by atoms with Crippen molar-refractivity contribution in [2.24, 2.45) is 0 Å². The third-order valence-corrected chi connectivity index (χ3v) is 3.13. The van der Waals surface area contributed by atoms with Crippen LogP contribution in [0.15, 0.2) is 35.1 Å². The first-order valence-corrected chi connectivity index (χ1v) is 7.89. The number of carbonyl (C=O) groups is 2. The number of anilines is 1. The van der Waals surface area contributed by atoms with Gasteiger partial charge < -0.3 is 15.4 Å². The van der Waals surface area contributed by atoms with Crippen LogP contribution in [0.1, 0.15) is 27.2 Å². The molecule has 1 heterocycles. The van der Waals surface area contributed by atoms with Crippen LogP contribution in [0.3, 0.4) is 0 Å². The van der Waals surface area contributed by atoms with E-state index in [2.05, 4.69) is 20.8 Å². The number of benzene rings is 1. The summed E-state index contributed by atoms with van der Waals surface area (Å²) < 4.78 is 5.08. The third kappa shape index (κ3) is 5.52. The molecule has 0 radical (unpaired) electrons. The van der Waals surface area contributed by atoms with Crippen LogP contribution in [0.25, 0.3) is 11.3 Å². The van der Waals surface area contributed by atoms with Gasteiger partial charge in [0.15, 0.2) is 0 Å². The van der Waals surface area contributed by atoms with Crippen molar-refractivity contribution in [1.82, 2.24) is 15.5 Å². The number of aromatic nitrogens is 2. The molecule has 0 unspecified atom stereocenters. The Morgan fingerprint density at radius 3 is 2.44 bits per heavy atom. The lowest BCUT2D eigenvalue weighted by Gasteiger charge is -2.19. The van der Waals surface area contributed by atoms with Crippen molar-refractivity contribution in [3.8, 4) is 11.3 Å². The minimum atomic E-state index is -0.602. The molecule has 2 rings (SSSR count). The van der Waals surface area contributed by atoms with Gasteiger partial charge in [-0.3, -0.25) is 19.8 Å². The fourth-order valence-corrected chi connectivity index (χ4v) is 2.09. The molecule has 1 aromatic carbocycles. The van der Waals surface area contributed by atoms with Gasteiger partial charge in [0, 0.05) is 18.5 Å². The van der Waals surface area contributed by atoms with E-state index in [1.54, 1.807) is 20.8 Å². The van der Waals surface area contributed by atoms with E-state index in [0.717, 1.165) is 5.56 Å². The normalized spacial score (nSPS) is 11.0. The molecule has 0 bridgehead atoms. The molecule has 0 saturated heterocycles. The van der Waals surface area contributed by atoms with Crippen LogP contribution >= 0.6 is 0 Å². The average molecular weight is 346 g/mol. The lowest BCUT2D eigenvalue weighted by molar-refractivity contribution is -0.116. The van der Waals surface area contributed by atoms with Gasteiger partial charge in [0.25, 0.3) is 5.56 Å². The Labute approximate surface area is 145 Å². The van der Waals surface area contributed by atoms with Crippen molar-refractivity contribution in [3.05, 3.63) is 40.7 Å². The topological polar surface area (TPSA) is 116 Å². The van der Waals surface area contributed by atoms with Crippen LogP contribution in [0.5, 0.6) is 0 Å². The molecule has 4 N–H and O–H groups in total. The Kier molecular flexibility index (Phi) is 5.63. The van der Waals surface area contributed by atoms with E-state index in [-0.39, 0.29) is 18.7 Å². The second kappa shape index (κ2) is 7.69. The number of hydrogen-bond donors (Lipinski definition) is 4. The number of carbonyl (C=O) groups excluding carboxylic acids is 2. The fourth-order valence-electron chi connectivity index (χ4n) is 2.09. The molecule has 134 valence electrons. The highest BCUT2D eigenvalue weighted by Gasteiger charge is 2.17. The van der Waals surface area contributed by atoms with Gasteiger partial charge in [0.2, 0.25) is 5.91 Å². The summed E-state index contributed by atoms with van der Waals surface area (Å²) in [5, 5.41) is 10.3. The zero-order chi connectivity index (χ0) is 18.4. The van der Waals surface area contributed by atoms with Crippen molar-refractivity contribution in [2.75, 3.05) is 11.9 Å². The summed E-state index contributed by atoms with van der Waals surface area (Å²) in [6.45, 7) is 5.36. The minimum Gasteiger partial charge on any atom is -0.444 e. The number of nitrogens with one attached hydrogen (secondary N) is 4. The Morgan fingerprint density at radius 2 is 1.80 bits per heavy atom. The second-order valence-electron chi connectivity index (χ2n) is 6.42. The average Bonchev–Trinajstić information content (AvgIpc) is 2.87. The number of H-pyrrole nitrogens is 2. The van der Waals surface area contributed by atoms with Crippen LogP contribution < -0.4 is 16.2 Å². The molecule has 0 aliphatic carbocycles. The number of rotatable bonds is 5. The third-order valence-electron chi connectivity index (χ3n) is 3.13. The SMILES string of the molecule is CC(C)(C)OC(=O)NCCC(=O)Nc1c(-c2ccccc2)[nH][nH]c1=O. The summed E-state index contributed by atoms with van der Waals surface area (Å²) in [5.41, 5.74) is 0.387. The quantitative estimate of drug-likeness (QED) is 0.664. The van der Waals surface area contributed by atoms with E-state index in [9.17, 15) is 14.4 Å². The zero-order valence-corrected chi connectivity index (χ0v) is 14.4. The predicted molar refractivity (Wildman–Crippen MR) is 94.3 cm³/mol. The monoisotopic (exact) mass is 346 g/mol. The summed E-state index contributed by atoms with van der Waals surface area (Å²) in [5.74, 6) is -0.390. The molecule has 2 aromatic rings. The standard InChI is InChI=1S/C17H22N4O4/c1-17(2,3)25-16(24)18-10-9-12(22)19-14-13(20-21-15(14)23)11-7-5-4-6-8-11/h4-8H,9-10H2,1-3H3,(H,18,24)(H,19,22)(H2,20,21,23). The number of ether oxygens (including phenoxy) is 1. The largest absolute Gasteiger partial charge is 0.444 e. The van der Waals surface area contributed by atoms with Crippen LogP contribution in [-0.2, 0) is 9.53 Å². The molecule has 0 aliphatic heterocycles. The number of aromatic amines is 2. The highest BCUT2D eigenvalue weighted by molar-refractivity contribution is 5.94. The van der Waals surface area contributed by atoms with Gasteiger partial charge in [0.05, 0.1) is 5.69 Å². The van der Waals surface area contributed by atoms with Gasteiger partial charge in [-0.25, -0.2) is 4.79 Å². The summed E-state index contributed by atoms with van der Waals surface area (Å²) in [6.07, 6.45) is -0.581. The van der Waals surface area contributed by atoms with Gasteiger partial charge in [-0.2, -0.15) is 0 Å². The smallest absolute Gasteiger partial charge is 0.407 e. The molecule has 8 nitrogen and oxygen atoms in total. The van der Waals surface area contributed by atoms with Gasteiger partial charge in [-0.15, -0.1) is 0 Å². The number of amides is 2.